The second kappa shape index (κ2) is 6.85. The highest BCUT2D eigenvalue weighted by Crippen LogP contribution is 1.82. The van der Waals surface area contributed by atoms with Crippen molar-refractivity contribution in [2.24, 2.45) is 0 Å². The molecule has 1 rings (SSSR count). The van der Waals surface area contributed by atoms with Crippen LogP contribution in [0.25, 0.3) is 0 Å². The highest BCUT2D eigenvalue weighted by atomic mass is 16.5. The molecular weight excluding hydrogens is 212 g/mol. The van der Waals surface area contributed by atoms with Gasteiger partial charge in [-0.25, -0.2) is 0 Å². The Labute approximate surface area is 93.3 Å². The van der Waals surface area contributed by atoms with E-state index in [4.69, 9.17) is 4.74 Å². The molecule has 2 N–H and O–H groups in total. The van der Waals surface area contributed by atoms with Gasteiger partial charge >= 0.3 is 0 Å². The van der Waals surface area contributed by atoms with Crippen LogP contribution in [-0.2, 0) is 4.74 Å². The van der Waals surface area contributed by atoms with Crippen LogP contribution in [0.15, 0.2) is 0 Å². The van der Waals surface area contributed by atoms with Crippen molar-refractivity contribution in [3.8, 4) is 0 Å². The van der Waals surface area contributed by atoms with E-state index in [-0.39, 0.29) is 11.7 Å². The Balaban J connectivity index is 2.01. The lowest BCUT2D eigenvalue weighted by Gasteiger charge is -2.09. The average molecular weight is 228 g/mol. The highest BCUT2D eigenvalue weighted by molar-refractivity contribution is 5.89. The second-order valence-electron chi connectivity index (χ2n) is 3.41. The molecule has 1 aromatic heterocycles. The molecule has 0 radical (unpaired) electrons. The van der Waals surface area contributed by atoms with E-state index in [2.05, 4.69) is 25.9 Å². The minimum absolute atomic E-state index is 0.0355. The van der Waals surface area contributed by atoms with Gasteiger partial charge in [-0.3, -0.25) is 4.79 Å². The molecular formula is C8H16N6O2. The summed E-state index contributed by atoms with van der Waals surface area (Å²) in [6.07, 6.45) is 0. The SMILES string of the molecule is CN(C)CCOCCNC(=O)c1nn[nH]n1. The summed E-state index contributed by atoms with van der Waals surface area (Å²) in [4.78, 5) is 13.3. The molecule has 0 fully saturated rings. The fourth-order valence-corrected chi connectivity index (χ4v) is 0.923. The molecule has 0 saturated carbocycles. The normalized spacial score (nSPS) is 10.7. The number of nitrogens with one attached hydrogen (secondary N) is 2. The molecule has 16 heavy (non-hydrogen) atoms. The van der Waals surface area contributed by atoms with E-state index < -0.39 is 0 Å². The molecule has 1 aromatic rings. The van der Waals surface area contributed by atoms with Crippen molar-refractivity contribution in [2.45, 2.75) is 0 Å². The van der Waals surface area contributed by atoms with Crippen LogP contribution in [0.2, 0.25) is 0 Å². The Kier molecular flexibility index (Phi) is 5.37. The topological polar surface area (TPSA) is 96.0 Å². The number of tetrazole rings is 1. The maximum Gasteiger partial charge on any atom is 0.292 e. The molecule has 0 aliphatic carbocycles. The third kappa shape index (κ3) is 4.80. The maximum atomic E-state index is 11.3. The van der Waals surface area contributed by atoms with Crippen LogP contribution in [0.1, 0.15) is 10.6 Å². The van der Waals surface area contributed by atoms with E-state index >= 15 is 0 Å². The lowest BCUT2D eigenvalue weighted by Crippen LogP contribution is -2.29. The minimum Gasteiger partial charge on any atom is -0.378 e. The van der Waals surface area contributed by atoms with Gasteiger partial charge < -0.3 is 15.0 Å². The van der Waals surface area contributed by atoms with Gasteiger partial charge in [0.2, 0.25) is 0 Å². The van der Waals surface area contributed by atoms with E-state index in [0.29, 0.717) is 19.8 Å². The summed E-state index contributed by atoms with van der Waals surface area (Å²) in [5, 5.41) is 15.2. The predicted octanol–water partition coefficient (Wildman–Crippen LogP) is -1.49. The van der Waals surface area contributed by atoms with Gasteiger partial charge in [-0.1, -0.05) is 0 Å². The number of rotatable bonds is 7. The first kappa shape index (κ1) is 12.5. The number of likely N-dealkylation sites (N-methyl/N-ethyl adjacent to an activating group) is 1. The molecule has 8 nitrogen and oxygen atoms in total. The predicted molar refractivity (Wildman–Crippen MR) is 55.9 cm³/mol. The lowest BCUT2D eigenvalue weighted by atomic mass is 10.5. The molecule has 0 atom stereocenters. The monoisotopic (exact) mass is 228 g/mol. The number of hydrogen-bond acceptors (Lipinski definition) is 6. The maximum absolute atomic E-state index is 11.3. The summed E-state index contributed by atoms with van der Waals surface area (Å²) >= 11 is 0. The highest BCUT2D eigenvalue weighted by Gasteiger charge is 2.08. The molecule has 0 saturated heterocycles. The Bertz CT molecular complexity index is 299. The van der Waals surface area contributed by atoms with E-state index in [1.54, 1.807) is 0 Å². The molecule has 0 aliphatic rings. The van der Waals surface area contributed by atoms with Gasteiger partial charge in [0.25, 0.3) is 11.7 Å². The van der Waals surface area contributed by atoms with E-state index in [9.17, 15) is 4.79 Å². The summed E-state index contributed by atoms with van der Waals surface area (Å²) < 4.78 is 5.29. The summed E-state index contributed by atoms with van der Waals surface area (Å²) in [7, 11) is 3.95. The molecule has 90 valence electrons. The summed E-state index contributed by atoms with van der Waals surface area (Å²) in [5.41, 5.74) is 0. The molecule has 1 amide bonds. The summed E-state index contributed by atoms with van der Waals surface area (Å²) in [5.74, 6) is -0.321. The van der Waals surface area contributed by atoms with Crippen molar-refractivity contribution < 1.29 is 9.53 Å². The van der Waals surface area contributed by atoms with Crippen molar-refractivity contribution in [2.75, 3.05) is 40.4 Å². The number of carbonyl (C=O) groups is 1. The zero-order valence-corrected chi connectivity index (χ0v) is 9.43. The third-order valence-corrected chi connectivity index (χ3v) is 1.76. The van der Waals surface area contributed by atoms with Gasteiger partial charge in [-0.15, -0.1) is 10.2 Å². The van der Waals surface area contributed by atoms with E-state index in [0.717, 1.165) is 6.54 Å². The number of hydrogen-bond donors (Lipinski definition) is 2. The minimum atomic E-state index is -0.357. The second-order valence-corrected chi connectivity index (χ2v) is 3.41. The molecule has 0 spiro atoms. The van der Waals surface area contributed by atoms with Gasteiger partial charge in [-0.05, 0) is 19.3 Å². The van der Waals surface area contributed by atoms with Crippen molar-refractivity contribution in [3.63, 3.8) is 0 Å². The Morgan fingerprint density at radius 2 is 2.31 bits per heavy atom. The van der Waals surface area contributed by atoms with Crippen molar-refractivity contribution >= 4 is 5.91 Å². The lowest BCUT2D eigenvalue weighted by molar-refractivity contribution is 0.0891. The summed E-state index contributed by atoms with van der Waals surface area (Å²) in [6, 6.07) is 0. The van der Waals surface area contributed by atoms with Crippen molar-refractivity contribution in [1.82, 2.24) is 30.8 Å². The zero-order valence-electron chi connectivity index (χ0n) is 9.43. The largest absolute Gasteiger partial charge is 0.378 e. The molecule has 8 heteroatoms. The van der Waals surface area contributed by atoms with Gasteiger partial charge in [0.1, 0.15) is 0 Å². The van der Waals surface area contributed by atoms with Crippen LogP contribution < -0.4 is 5.32 Å². The number of nitrogens with zero attached hydrogens (tertiary/aromatic N) is 4. The van der Waals surface area contributed by atoms with Crippen LogP contribution in [0.4, 0.5) is 0 Å². The van der Waals surface area contributed by atoms with Crippen LogP contribution >= 0.6 is 0 Å². The zero-order chi connectivity index (χ0) is 11.8. The Morgan fingerprint density at radius 3 is 2.94 bits per heavy atom. The number of aromatic nitrogens is 4. The van der Waals surface area contributed by atoms with Gasteiger partial charge in [0.05, 0.1) is 13.2 Å². The average Bonchev–Trinajstić information content (AvgIpc) is 2.75. The number of carbonyl (C=O) groups excluding carboxylic acids is 1. The first-order valence-corrected chi connectivity index (χ1v) is 4.94. The Hall–Kier alpha value is -1.54. The first-order chi connectivity index (χ1) is 7.70. The molecule has 0 bridgehead atoms. The molecule has 0 unspecified atom stereocenters. The molecule has 0 aromatic carbocycles. The summed E-state index contributed by atoms with van der Waals surface area (Å²) in [6.45, 7) is 2.40. The smallest absolute Gasteiger partial charge is 0.292 e. The Morgan fingerprint density at radius 1 is 1.50 bits per heavy atom. The number of aromatic amines is 1. The van der Waals surface area contributed by atoms with Crippen LogP contribution in [0, 0.1) is 0 Å². The quantitative estimate of drug-likeness (QED) is 0.552. The van der Waals surface area contributed by atoms with Gasteiger partial charge in [0.15, 0.2) is 0 Å². The molecule has 1 heterocycles. The number of H-pyrrole nitrogens is 1. The first-order valence-electron chi connectivity index (χ1n) is 4.94. The van der Waals surface area contributed by atoms with E-state index in [1.807, 2.05) is 19.0 Å². The van der Waals surface area contributed by atoms with Gasteiger partial charge in [0, 0.05) is 13.1 Å². The van der Waals surface area contributed by atoms with Crippen molar-refractivity contribution in [1.29, 1.82) is 0 Å². The van der Waals surface area contributed by atoms with Crippen LogP contribution in [-0.4, -0.2) is 71.8 Å². The van der Waals surface area contributed by atoms with E-state index in [1.165, 1.54) is 0 Å². The standard InChI is InChI=1S/C8H16N6O2/c1-14(2)4-6-16-5-3-9-8(15)7-10-12-13-11-7/h3-6H2,1-2H3,(H,9,15)(H,10,11,12,13). The van der Waals surface area contributed by atoms with Crippen LogP contribution in [0.3, 0.4) is 0 Å². The third-order valence-electron chi connectivity index (χ3n) is 1.76. The number of ether oxygens (including phenoxy) is 1. The number of amides is 1. The van der Waals surface area contributed by atoms with Crippen molar-refractivity contribution in [3.05, 3.63) is 5.82 Å². The van der Waals surface area contributed by atoms with Crippen LogP contribution in [0.5, 0.6) is 0 Å². The van der Waals surface area contributed by atoms with Gasteiger partial charge in [-0.2, -0.15) is 5.21 Å². The fourth-order valence-electron chi connectivity index (χ4n) is 0.923. The fraction of sp³-hybridized carbons (Fsp3) is 0.750. The molecule has 0 aliphatic heterocycles.